The second-order valence-electron chi connectivity index (χ2n) is 3.62. The Hall–Kier alpha value is -1.78. The van der Waals surface area contributed by atoms with Gasteiger partial charge in [-0.25, -0.2) is 0 Å². The van der Waals surface area contributed by atoms with Gasteiger partial charge in [0.25, 0.3) is 0 Å². The van der Waals surface area contributed by atoms with E-state index in [1.807, 2.05) is 6.92 Å². The second-order valence-corrected chi connectivity index (χ2v) is 3.62. The molecule has 0 saturated carbocycles. The van der Waals surface area contributed by atoms with Crippen molar-refractivity contribution in [3.05, 3.63) is 36.0 Å². The number of rotatable bonds is 2. The summed E-state index contributed by atoms with van der Waals surface area (Å²) in [5.74, 6) is 0. The standard InChI is InChI=1S/C12H11F3N2/c1-2-16-10-5-6-17-11-7-8(12(13,14)15)3-4-9(10)11/h3-7H,2H2,1H3,(H,16,17). The van der Waals surface area contributed by atoms with Crippen molar-refractivity contribution in [1.82, 2.24) is 4.98 Å². The normalized spacial score (nSPS) is 11.8. The maximum absolute atomic E-state index is 12.5. The first kappa shape index (κ1) is 11.7. The van der Waals surface area contributed by atoms with E-state index in [-0.39, 0.29) is 0 Å². The lowest BCUT2D eigenvalue weighted by Gasteiger charge is -2.10. The van der Waals surface area contributed by atoms with Gasteiger partial charge in [0.05, 0.1) is 11.1 Å². The SMILES string of the molecule is CCNc1ccnc2cc(C(F)(F)F)ccc12. The third-order valence-corrected chi connectivity index (χ3v) is 2.44. The average molecular weight is 240 g/mol. The summed E-state index contributed by atoms with van der Waals surface area (Å²) in [7, 11) is 0. The van der Waals surface area contributed by atoms with Gasteiger partial charge < -0.3 is 5.32 Å². The number of nitrogens with one attached hydrogen (secondary N) is 1. The van der Waals surface area contributed by atoms with Crippen molar-refractivity contribution < 1.29 is 13.2 Å². The number of nitrogens with zero attached hydrogens (tertiary/aromatic N) is 1. The summed E-state index contributed by atoms with van der Waals surface area (Å²) in [4.78, 5) is 3.96. The van der Waals surface area contributed by atoms with Gasteiger partial charge in [-0.15, -0.1) is 0 Å². The lowest BCUT2D eigenvalue weighted by Crippen LogP contribution is -2.05. The topological polar surface area (TPSA) is 24.9 Å². The zero-order valence-corrected chi connectivity index (χ0v) is 9.17. The molecule has 1 aromatic carbocycles. The number of benzene rings is 1. The van der Waals surface area contributed by atoms with E-state index < -0.39 is 11.7 Å². The Balaban J connectivity index is 2.57. The summed E-state index contributed by atoms with van der Waals surface area (Å²) < 4.78 is 37.6. The summed E-state index contributed by atoms with van der Waals surface area (Å²) in [5.41, 5.74) is 0.468. The molecule has 0 bridgehead atoms. The van der Waals surface area contributed by atoms with Crippen LogP contribution in [0.5, 0.6) is 0 Å². The summed E-state index contributed by atoms with van der Waals surface area (Å²) >= 11 is 0. The molecule has 0 unspecified atom stereocenters. The molecule has 0 aliphatic heterocycles. The average Bonchev–Trinajstić information content (AvgIpc) is 2.28. The monoisotopic (exact) mass is 240 g/mol. The van der Waals surface area contributed by atoms with Crippen LogP contribution in [0.1, 0.15) is 12.5 Å². The van der Waals surface area contributed by atoms with Gasteiger partial charge in [0, 0.05) is 23.8 Å². The molecule has 0 aliphatic rings. The Morgan fingerprint density at radius 2 is 2.00 bits per heavy atom. The van der Waals surface area contributed by atoms with Crippen molar-refractivity contribution in [3.8, 4) is 0 Å². The fourth-order valence-corrected chi connectivity index (χ4v) is 1.67. The summed E-state index contributed by atoms with van der Waals surface area (Å²) in [6.07, 6.45) is -2.83. The zero-order valence-electron chi connectivity index (χ0n) is 9.17. The Morgan fingerprint density at radius 1 is 1.24 bits per heavy atom. The summed E-state index contributed by atoms with van der Waals surface area (Å²) in [6.45, 7) is 2.64. The van der Waals surface area contributed by atoms with Crippen molar-refractivity contribution in [2.24, 2.45) is 0 Å². The molecule has 0 fully saturated rings. The number of alkyl halides is 3. The molecular formula is C12H11F3N2. The molecule has 1 aromatic heterocycles. The molecule has 0 radical (unpaired) electrons. The number of aromatic nitrogens is 1. The quantitative estimate of drug-likeness (QED) is 0.866. The van der Waals surface area contributed by atoms with Gasteiger partial charge in [-0.1, -0.05) is 6.07 Å². The Labute approximate surface area is 96.5 Å². The molecule has 1 heterocycles. The van der Waals surface area contributed by atoms with Crippen LogP contribution < -0.4 is 5.32 Å². The van der Waals surface area contributed by atoms with Crippen LogP contribution >= 0.6 is 0 Å². The summed E-state index contributed by atoms with van der Waals surface area (Å²) in [6, 6.07) is 5.34. The van der Waals surface area contributed by atoms with E-state index in [2.05, 4.69) is 10.3 Å². The van der Waals surface area contributed by atoms with Crippen LogP contribution in [0.15, 0.2) is 30.5 Å². The van der Waals surface area contributed by atoms with E-state index in [0.29, 0.717) is 17.4 Å². The van der Waals surface area contributed by atoms with E-state index in [0.717, 1.165) is 17.8 Å². The van der Waals surface area contributed by atoms with Crippen molar-refractivity contribution in [2.75, 3.05) is 11.9 Å². The van der Waals surface area contributed by atoms with Crippen molar-refractivity contribution in [1.29, 1.82) is 0 Å². The predicted molar refractivity (Wildman–Crippen MR) is 60.9 cm³/mol. The maximum atomic E-state index is 12.5. The minimum Gasteiger partial charge on any atom is -0.385 e. The van der Waals surface area contributed by atoms with E-state index in [9.17, 15) is 13.2 Å². The van der Waals surface area contributed by atoms with Crippen LogP contribution in [0.4, 0.5) is 18.9 Å². The highest BCUT2D eigenvalue weighted by atomic mass is 19.4. The van der Waals surface area contributed by atoms with Gasteiger partial charge >= 0.3 is 6.18 Å². The fourth-order valence-electron chi connectivity index (χ4n) is 1.67. The minimum absolute atomic E-state index is 0.346. The number of hydrogen-bond donors (Lipinski definition) is 1. The molecular weight excluding hydrogens is 229 g/mol. The first-order valence-corrected chi connectivity index (χ1v) is 5.22. The van der Waals surface area contributed by atoms with Gasteiger partial charge in [-0.05, 0) is 25.1 Å². The van der Waals surface area contributed by atoms with Gasteiger partial charge in [-0.3, -0.25) is 4.98 Å². The number of fused-ring (bicyclic) bond motifs is 1. The smallest absolute Gasteiger partial charge is 0.385 e. The lowest BCUT2D eigenvalue weighted by atomic mass is 10.1. The van der Waals surface area contributed by atoms with Gasteiger partial charge in [-0.2, -0.15) is 13.2 Å². The van der Waals surface area contributed by atoms with Crippen molar-refractivity contribution >= 4 is 16.6 Å². The van der Waals surface area contributed by atoms with Crippen molar-refractivity contribution in [3.63, 3.8) is 0 Å². The van der Waals surface area contributed by atoms with E-state index in [1.165, 1.54) is 12.3 Å². The van der Waals surface area contributed by atoms with Crippen LogP contribution in [-0.4, -0.2) is 11.5 Å². The van der Waals surface area contributed by atoms with Crippen molar-refractivity contribution in [2.45, 2.75) is 13.1 Å². The molecule has 2 nitrogen and oxygen atoms in total. The third-order valence-electron chi connectivity index (χ3n) is 2.44. The number of anilines is 1. The zero-order chi connectivity index (χ0) is 12.5. The fraction of sp³-hybridized carbons (Fsp3) is 0.250. The Kier molecular flexibility index (Phi) is 2.92. The molecule has 0 atom stereocenters. The maximum Gasteiger partial charge on any atom is 0.416 e. The van der Waals surface area contributed by atoms with Crippen LogP contribution in [0, 0.1) is 0 Å². The van der Waals surface area contributed by atoms with Crippen LogP contribution in [0.25, 0.3) is 10.9 Å². The van der Waals surface area contributed by atoms with Gasteiger partial charge in [0.2, 0.25) is 0 Å². The molecule has 0 spiro atoms. The van der Waals surface area contributed by atoms with Crippen LogP contribution in [0.3, 0.4) is 0 Å². The van der Waals surface area contributed by atoms with Gasteiger partial charge in [0.15, 0.2) is 0 Å². The molecule has 5 heteroatoms. The first-order valence-electron chi connectivity index (χ1n) is 5.22. The molecule has 0 amide bonds. The van der Waals surface area contributed by atoms with E-state index in [4.69, 9.17) is 0 Å². The number of halogens is 3. The van der Waals surface area contributed by atoms with Crippen LogP contribution in [-0.2, 0) is 6.18 Å². The first-order chi connectivity index (χ1) is 8.02. The predicted octanol–water partition coefficient (Wildman–Crippen LogP) is 3.69. The lowest BCUT2D eigenvalue weighted by molar-refractivity contribution is -0.137. The molecule has 0 saturated heterocycles. The van der Waals surface area contributed by atoms with Crippen LogP contribution in [0.2, 0.25) is 0 Å². The molecule has 17 heavy (non-hydrogen) atoms. The highest BCUT2D eigenvalue weighted by molar-refractivity contribution is 5.91. The third kappa shape index (κ3) is 2.33. The highest BCUT2D eigenvalue weighted by Crippen LogP contribution is 2.32. The van der Waals surface area contributed by atoms with E-state index >= 15 is 0 Å². The van der Waals surface area contributed by atoms with Gasteiger partial charge in [0.1, 0.15) is 0 Å². The largest absolute Gasteiger partial charge is 0.416 e. The molecule has 1 N–H and O–H groups in total. The molecule has 0 aliphatic carbocycles. The Bertz CT molecular complexity index is 535. The highest BCUT2D eigenvalue weighted by Gasteiger charge is 2.30. The molecule has 90 valence electrons. The Morgan fingerprint density at radius 3 is 2.65 bits per heavy atom. The molecule has 2 rings (SSSR count). The number of pyridine rings is 1. The minimum atomic E-state index is -4.33. The number of hydrogen-bond acceptors (Lipinski definition) is 2. The second kappa shape index (κ2) is 4.24. The summed E-state index contributed by atoms with van der Waals surface area (Å²) in [5, 5.41) is 3.78. The molecule has 2 aromatic rings. The van der Waals surface area contributed by atoms with E-state index in [1.54, 1.807) is 6.07 Å².